The Morgan fingerprint density at radius 2 is 2.09 bits per heavy atom. The summed E-state index contributed by atoms with van der Waals surface area (Å²) in [5.74, 6) is 0.110. The van der Waals surface area contributed by atoms with Crippen molar-refractivity contribution < 1.29 is 4.79 Å². The topological polar surface area (TPSA) is 62.2 Å². The van der Waals surface area contributed by atoms with Crippen molar-refractivity contribution >= 4 is 5.91 Å². The standard InChI is InChI=1S/C17H29N5O/c1-13-9-19-22(11-13)12-14(2)18-10-17(23)20-15-5-7-21(8-6-15)16-3-4-16/h9,11,14-16,18H,3-8,10,12H2,1-2H3,(H,20,23)/t14-/m1/s1. The van der Waals surface area contributed by atoms with Crippen LogP contribution in [0.15, 0.2) is 12.4 Å². The number of aromatic nitrogens is 2. The van der Waals surface area contributed by atoms with Gasteiger partial charge in [-0.25, -0.2) is 0 Å². The minimum absolute atomic E-state index is 0.110. The number of nitrogens with zero attached hydrogens (tertiary/aromatic N) is 3. The van der Waals surface area contributed by atoms with E-state index in [0.29, 0.717) is 12.6 Å². The van der Waals surface area contributed by atoms with E-state index < -0.39 is 0 Å². The summed E-state index contributed by atoms with van der Waals surface area (Å²) in [4.78, 5) is 14.7. The number of likely N-dealkylation sites (tertiary alicyclic amines) is 1. The molecule has 1 aliphatic heterocycles. The number of hydrogen-bond acceptors (Lipinski definition) is 4. The highest BCUT2D eigenvalue weighted by atomic mass is 16.2. The number of rotatable bonds is 7. The SMILES string of the molecule is Cc1cnn(C[C@@H](C)NCC(=O)NC2CCN(C3CC3)CC2)c1. The van der Waals surface area contributed by atoms with Crippen LogP contribution in [0, 0.1) is 6.92 Å². The molecule has 128 valence electrons. The van der Waals surface area contributed by atoms with Gasteiger partial charge in [0.1, 0.15) is 0 Å². The molecule has 6 nitrogen and oxygen atoms in total. The van der Waals surface area contributed by atoms with E-state index in [4.69, 9.17) is 0 Å². The van der Waals surface area contributed by atoms with E-state index in [1.165, 1.54) is 12.8 Å². The van der Waals surface area contributed by atoms with Crippen LogP contribution in [0.25, 0.3) is 0 Å². The third-order valence-electron chi connectivity index (χ3n) is 4.79. The van der Waals surface area contributed by atoms with E-state index in [2.05, 4.69) is 27.6 Å². The van der Waals surface area contributed by atoms with Gasteiger partial charge in [-0.1, -0.05) is 0 Å². The summed E-state index contributed by atoms with van der Waals surface area (Å²) in [5, 5.41) is 10.7. The molecule has 1 amide bonds. The van der Waals surface area contributed by atoms with Crippen molar-refractivity contribution in [1.29, 1.82) is 0 Å². The molecule has 6 heteroatoms. The first-order valence-electron chi connectivity index (χ1n) is 8.86. The van der Waals surface area contributed by atoms with Crippen LogP contribution in [0.5, 0.6) is 0 Å². The predicted octanol–water partition coefficient (Wildman–Crippen LogP) is 0.913. The third-order valence-corrected chi connectivity index (χ3v) is 4.79. The van der Waals surface area contributed by atoms with Gasteiger partial charge in [0, 0.05) is 37.4 Å². The monoisotopic (exact) mass is 319 g/mol. The number of amides is 1. The minimum Gasteiger partial charge on any atom is -0.352 e. The quantitative estimate of drug-likeness (QED) is 0.784. The Labute approximate surface area is 138 Å². The molecule has 1 aromatic rings. The molecular weight excluding hydrogens is 290 g/mol. The molecule has 2 aliphatic rings. The number of hydrogen-bond donors (Lipinski definition) is 2. The highest BCUT2D eigenvalue weighted by Crippen LogP contribution is 2.29. The summed E-state index contributed by atoms with van der Waals surface area (Å²) in [6.45, 7) is 7.54. The summed E-state index contributed by atoms with van der Waals surface area (Å²) >= 11 is 0. The molecule has 1 saturated carbocycles. The van der Waals surface area contributed by atoms with Gasteiger partial charge in [0.2, 0.25) is 5.91 Å². The van der Waals surface area contributed by atoms with Crippen LogP contribution < -0.4 is 10.6 Å². The molecule has 23 heavy (non-hydrogen) atoms. The largest absolute Gasteiger partial charge is 0.352 e. The number of carbonyl (C=O) groups excluding carboxylic acids is 1. The van der Waals surface area contributed by atoms with Crippen molar-refractivity contribution in [2.24, 2.45) is 0 Å². The lowest BCUT2D eigenvalue weighted by Gasteiger charge is -2.32. The summed E-state index contributed by atoms with van der Waals surface area (Å²) < 4.78 is 1.92. The van der Waals surface area contributed by atoms with E-state index in [0.717, 1.165) is 44.1 Å². The average molecular weight is 319 g/mol. The summed E-state index contributed by atoms with van der Waals surface area (Å²) in [6.07, 6.45) is 8.79. The fourth-order valence-electron chi connectivity index (χ4n) is 3.31. The maximum atomic E-state index is 12.1. The van der Waals surface area contributed by atoms with Crippen LogP contribution in [0.1, 0.15) is 38.2 Å². The molecular formula is C17H29N5O. The lowest BCUT2D eigenvalue weighted by molar-refractivity contribution is -0.121. The van der Waals surface area contributed by atoms with Crippen molar-refractivity contribution in [3.05, 3.63) is 18.0 Å². The molecule has 0 bridgehead atoms. The number of piperidine rings is 1. The summed E-state index contributed by atoms with van der Waals surface area (Å²) in [5.41, 5.74) is 1.16. The number of nitrogens with one attached hydrogen (secondary N) is 2. The molecule has 1 aliphatic carbocycles. The van der Waals surface area contributed by atoms with Crippen molar-refractivity contribution in [2.75, 3.05) is 19.6 Å². The normalized spacial score (nSPS) is 21.3. The van der Waals surface area contributed by atoms with E-state index >= 15 is 0 Å². The molecule has 0 radical (unpaired) electrons. The first-order chi connectivity index (χ1) is 11.1. The molecule has 0 aromatic carbocycles. The minimum atomic E-state index is 0.110. The molecule has 1 atom stereocenters. The van der Waals surface area contributed by atoms with E-state index in [9.17, 15) is 4.79 Å². The van der Waals surface area contributed by atoms with Gasteiger partial charge in [-0.3, -0.25) is 9.48 Å². The fraction of sp³-hybridized carbons (Fsp3) is 0.765. The zero-order chi connectivity index (χ0) is 16.2. The first kappa shape index (κ1) is 16.5. The van der Waals surface area contributed by atoms with E-state index in [1.54, 1.807) is 0 Å². The average Bonchev–Trinajstić information content (AvgIpc) is 3.30. The van der Waals surface area contributed by atoms with Crippen molar-refractivity contribution in [3.8, 4) is 0 Å². The van der Waals surface area contributed by atoms with Crippen molar-refractivity contribution in [2.45, 2.75) is 64.2 Å². The first-order valence-corrected chi connectivity index (χ1v) is 8.86. The smallest absolute Gasteiger partial charge is 0.234 e. The van der Waals surface area contributed by atoms with Crippen LogP contribution >= 0.6 is 0 Å². The Morgan fingerprint density at radius 1 is 1.35 bits per heavy atom. The van der Waals surface area contributed by atoms with Gasteiger partial charge in [-0.2, -0.15) is 5.10 Å². The Bertz CT molecular complexity index is 517. The van der Waals surface area contributed by atoms with Crippen molar-refractivity contribution in [3.63, 3.8) is 0 Å². The molecule has 0 spiro atoms. The molecule has 3 rings (SSSR count). The van der Waals surface area contributed by atoms with Crippen LogP contribution in [0.2, 0.25) is 0 Å². The molecule has 2 N–H and O–H groups in total. The van der Waals surface area contributed by atoms with Crippen molar-refractivity contribution in [1.82, 2.24) is 25.3 Å². The Balaban J connectivity index is 1.31. The second kappa shape index (κ2) is 7.45. The molecule has 1 aromatic heterocycles. The molecule has 0 unspecified atom stereocenters. The second-order valence-corrected chi connectivity index (χ2v) is 7.13. The lowest BCUT2D eigenvalue weighted by Crippen LogP contribution is -2.48. The highest BCUT2D eigenvalue weighted by Gasteiger charge is 2.32. The van der Waals surface area contributed by atoms with Gasteiger partial charge < -0.3 is 15.5 Å². The summed E-state index contributed by atoms with van der Waals surface area (Å²) in [7, 11) is 0. The van der Waals surface area contributed by atoms with E-state index in [-0.39, 0.29) is 11.9 Å². The van der Waals surface area contributed by atoms with Crippen LogP contribution in [-0.4, -0.2) is 58.3 Å². The zero-order valence-corrected chi connectivity index (χ0v) is 14.3. The van der Waals surface area contributed by atoms with Gasteiger partial charge in [-0.05, 0) is 45.1 Å². The Hall–Kier alpha value is -1.40. The summed E-state index contributed by atoms with van der Waals surface area (Å²) in [6, 6.07) is 1.42. The van der Waals surface area contributed by atoms with Gasteiger partial charge in [-0.15, -0.1) is 0 Å². The Kier molecular flexibility index (Phi) is 5.33. The number of aryl methyl sites for hydroxylation is 1. The maximum absolute atomic E-state index is 12.1. The molecule has 2 heterocycles. The van der Waals surface area contributed by atoms with Gasteiger partial charge in [0.25, 0.3) is 0 Å². The molecule has 1 saturated heterocycles. The maximum Gasteiger partial charge on any atom is 0.234 e. The lowest BCUT2D eigenvalue weighted by atomic mass is 10.0. The van der Waals surface area contributed by atoms with Gasteiger partial charge >= 0.3 is 0 Å². The van der Waals surface area contributed by atoms with Crippen LogP contribution in [-0.2, 0) is 11.3 Å². The number of carbonyl (C=O) groups is 1. The Morgan fingerprint density at radius 3 is 2.70 bits per heavy atom. The zero-order valence-electron chi connectivity index (χ0n) is 14.3. The van der Waals surface area contributed by atoms with E-state index in [1.807, 2.05) is 24.0 Å². The third kappa shape index (κ3) is 5.04. The van der Waals surface area contributed by atoms with Gasteiger partial charge in [0.05, 0.1) is 19.3 Å². The van der Waals surface area contributed by atoms with Gasteiger partial charge in [0.15, 0.2) is 0 Å². The highest BCUT2D eigenvalue weighted by molar-refractivity contribution is 5.78. The molecule has 2 fully saturated rings. The van der Waals surface area contributed by atoms with Crippen LogP contribution in [0.4, 0.5) is 0 Å². The predicted molar refractivity (Wildman–Crippen MR) is 90.2 cm³/mol. The fourth-order valence-corrected chi connectivity index (χ4v) is 3.31. The van der Waals surface area contributed by atoms with Crippen LogP contribution in [0.3, 0.4) is 0 Å². The second-order valence-electron chi connectivity index (χ2n) is 7.13.